The van der Waals surface area contributed by atoms with Crippen LogP contribution in [0.3, 0.4) is 0 Å². The SMILES string of the molecule is CCOC(=O)/C(=C\C(C)C)S(=O)(=O)c1ccccc1. The van der Waals surface area contributed by atoms with Gasteiger partial charge in [0, 0.05) is 0 Å². The van der Waals surface area contributed by atoms with Crippen molar-refractivity contribution < 1.29 is 17.9 Å². The maximum absolute atomic E-state index is 12.4. The van der Waals surface area contributed by atoms with E-state index in [0.717, 1.165) is 0 Å². The first-order valence-electron chi connectivity index (χ1n) is 6.08. The minimum absolute atomic E-state index is 0.0714. The largest absolute Gasteiger partial charge is 0.462 e. The minimum atomic E-state index is -3.83. The number of rotatable bonds is 5. The van der Waals surface area contributed by atoms with Gasteiger partial charge in [0.1, 0.15) is 0 Å². The molecule has 4 nitrogen and oxygen atoms in total. The van der Waals surface area contributed by atoms with Crippen molar-refractivity contribution in [1.29, 1.82) is 0 Å². The summed E-state index contributed by atoms with van der Waals surface area (Å²) in [5, 5.41) is 0. The van der Waals surface area contributed by atoms with E-state index in [9.17, 15) is 13.2 Å². The lowest BCUT2D eigenvalue weighted by atomic mass is 10.2. The second kappa shape index (κ2) is 6.52. The lowest BCUT2D eigenvalue weighted by Gasteiger charge is -2.09. The smallest absolute Gasteiger partial charge is 0.349 e. The van der Waals surface area contributed by atoms with Crippen molar-refractivity contribution in [1.82, 2.24) is 0 Å². The number of carbonyl (C=O) groups is 1. The molecular weight excluding hydrogens is 264 g/mol. The second-order valence-electron chi connectivity index (χ2n) is 4.31. The van der Waals surface area contributed by atoms with Gasteiger partial charge in [-0.2, -0.15) is 0 Å². The lowest BCUT2D eigenvalue weighted by Crippen LogP contribution is -2.17. The lowest BCUT2D eigenvalue weighted by molar-refractivity contribution is -0.137. The van der Waals surface area contributed by atoms with Crippen LogP contribution >= 0.6 is 0 Å². The van der Waals surface area contributed by atoms with Gasteiger partial charge in [0.2, 0.25) is 9.84 Å². The third-order valence-corrected chi connectivity index (χ3v) is 4.08. The van der Waals surface area contributed by atoms with Gasteiger partial charge in [-0.1, -0.05) is 38.1 Å². The zero-order valence-corrected chi connectivity index (χ0v) is 12.1. The maximum Gasteiger partial charge on any atom is 0.349 e. The van der Waals surface area contributed by atoms with Gasteiger partial charge in [-0.15, -0.1) is 0 Å². The van der Waals surface area contributed by atoms with E-state index in [0.29, 0.717) is 0 Å². The third kappa shape index (κ3) is 3.92. The highest BCUT2D eigenvalue weighted by Crippen LogP contribution is 2.21. The Bertz CT molecular complexity index is 556. The highest BCUT2D eigenvalue weighted by Gasteiger charge is 2.28. The third-order valence-electron chi connectivity index (χ3n) is 2.30. The van der Waals surface area contributed by atoms with E-state index >= 15 is 0 Å². The predicted molar refractivity (Wildman–Crippen MR) is 73.2 cm³/mol. The summed E-state index contributed by atoms with van der Waals surface area (Å²) in [4.78, 5) is 11.6. The van der Waals surface area contributed by atoms with E-state index in [1.165, 1.54) is 18.2 Å². The van der Waals surface area contributed by atoms with Gasteiger partial charge < -0.3 is 4.74 Å². The van der Waals surface area contributed by atoms with Crippen molar-refractivity contribution in [2.75, 3.05) is 6.61 Å². The van der Waals surface area contributed by atoms with Crippen LogP contribution in [0.5, 0.6) is 0 Å². The number of benzene rings is 1. The molecular formula is C14H18O4S. The molecule has 0 radical (unpaired) electrons. The topological polar surface area (TPSA) is 60.4 Å². The molecule has 0 atom stereocenters. The fraction of sp³-hybridized carbons (Fsp3) is 0.357. The van der Waals surface area contributed by atoms with Crippen LogP contribution in [-0.4, -0.2) is 21.0 Å². The molecule has 0 aromatic heterocycles. The van der Waals surface area contributed by atoms with Crippen LogP contribution < -0.4 is 0 Å². The molecule has 0 saturated heterocycles. The normalized spacial score (nSPS) is 12.5. The molecule has 1 rings (SSSR count). The summed E-state index contributed by atoms with van der Waals surface area (Å²) in [6.45, 7) is 5.39. The number of ether oxygens (including phenoxy) is 1. The van der Waals surface area contributed by atoms with Crippen molar-refractivity contribution in [2.24, 2.45) is 5.92 Å². The van der Waals surface area contributed by atoms with Gasteiger partial charge in [0.15, 0.2) is 4.91 Å². The second-order valence-corrected chi connectivity index (χ2v) is 6.23. The Morgan fingerprint density at radius 3 is 2.32 bits per heavy atom. The molecule has 5 heteroatoms. The van der Waals surface area contributed by atoms with Gasteiger partial charge in [-0.3, -0.25) is 0 Å². The van der Waals surface area contributed by atoms with Crippen molar-refractivity contribution >= 4 is 15.8 Å². The number of hydrogen-bond donors (Lipinski definition) is 0. The molecule has 0 saturated carbocycles. The molecule has 0 N–H and O–H groups in total. The van der Waals surface area contributed by atoms with E-state index in [-0.39, 0.29) is 22.3 Å². The van der Waals surface area contributed by atoms with Gasteiger partial charge in [-0.05, 0) is 25.0 Å². The van der Waals surface area contributed by atoms with E-state index in [1.54, 1.807) is 39.0 Å². The molecule has 0 bridgehead atoms. The van der Waals surface area contributed by atoms with Crippen LogP contribution in [0.4, 0.5) is 0 Å². The summed E-state index contributed by atoms with van der Waals surface area (Å²) >= 11 is 0. The molecule has 1 aromatic rings. The average molecular weight is 282 g/mol. The highest BCUT2D eigenvalue weighted by molar-refractivity contribution is 7.96. The summed E-state index contributed by atoms with van der Waals surface area (Å²) in [5.41, 5.74) is 0. The van der Waals surface area contributed by atoms with Gasteiger partial charge in [-0.25, -0.2) is 13.2 Å². The van der Waals surface area contributed by atoms with Crippen LogP contribution in [0.1, 0.15) is 20.8 Å². The van der Waals surface area contributed by atoms with Crippen molar-refractivity contribution in [3.8, 4) is 0 Å². The zero-order chi connectivity index (χ0) is 14.5. The molecule has 0 spiro atoms. The molecule has 0 amide bonds. The standard InChI is InChI=1S/C14H18O4S/c1-4-18-14(15)13(10-11(2)3)19(16,17)12-8-6-5-7-9-12/h5-11H,4H2,1-3H3/b13-10+. The van der Waals surface area contributed by atoms with Crippen LogP contribution in [0.25, 0.3) is 0 Å². The Hall–Kier alpha value is -1.62. The van der Waals surface area contributed by atoms with Gasteiger partial charge >= 0.3 is 5.97 Å². The molecule has 0 fully saturated rings. The summed E-state index contributed by atoms with van der Waals surface area (Å²) < 4.78 is 29.7. The molecule has 0 heterocycles. The molecule has 0 aliphatic rings. The van der Waals surface area contributed by atoms with E-state index in [2.05, 4.69) is 0 Å². The first-order chi connectivity index (χ1) is 8.89. The fourth-order valence-corrected chi connectivity index (χ4v) is 3.00. The molecule has 0 aliphatic carbocycles. The van der Waals surface area contributed by atoms with Gasteiger partial charge in [0.25, 0.3) is 0 Å². The summed E-state index contributed by atoms with van der Waals surface area (Å²) in [6.07, 6.45) is 1.42. The Kier molecular flexibility index (Phi) is 5.30. The van der Waals surface area contributed by atoms with Crippen molar-refractivity contribution in [2.45, 2.75) is 25.7 Å². The van der Waals surface area contributed by atoms with E-state index in [4.69, 9.17) is 4.74 Å². The first-order valence-corrected chi connectivity index (χ1v) is 7.57. The first kappa shape index (κ1) is 15.4. The maximum atomic E-state index is 12.4. The number of hydrogen-bond acceptors (Lipinski definition) is 4. The summed E-state index contributed by atoms with van der Waals surface area (Å²) in [7, 11) is -3.83. The molecule has 19 heavy (non-hydrogen) atoms. The average Bonchev–Trinajstić information content (AvgIpc) is 2.37. The summed E-state index contributed by atoms with van der Waals surface area (Å²) in [6, 6.07) is 7.87. The molecule has 104 valence electrons. The van der Waals surface area contributed by atoms with Crippen LogP contribution in [0, 0.1) is 5.92 Å². The number of sulfone groups is 1. The van der Waals surface area contributed by atoms with Gasteiger partial charge in [0.05, 0.1) is 11.5 Å². The Morgan fingerprint density at radius 1 is 1.26 bits per heavy atom. The van der Waals surface area contributed by atoms with Crippen molar-refractivity contribution in [3.05, 3.63) is 41.3 Å². The Labute approximate surface area is 114 Å². The monoisotopic (exact) mass is 282 g/mol. The predicted octanol–water partition coefficient (Wildman–Crippen LogP) is 2.56. The molecule has 0 aliphatic heterocycles. The highest BCUT2D eigenvalue weighted by atomic mass is 32.2. The molecule has 0 unspecified atom stereocenters. The zero-order valence-electron chi connectivity index (χ0n) is 11.3. The minimum Gasteiger partial charge on any atom is -0.462 e. The Balaban J connectivity index is 3.30. The molecule has 1 aromatic carbocycles. The van der Waals surface area contributed by atoms with Crippen LogP contribution in [0.2, 0.25) is 0 Å². The van der Waals surface area contributed by atoms with E-state index < -0.39 is 15.8 Å². The number of esters is 1. The van der Waals surface area contributed by atoms with Crippen LogP contribution in [0.15, 0.2) is 46.2 Å². The number of allylic oxidation sites excluding steroid dienone is 1. The number of carbonyl (C=O) groups excluding carboxylic acids is 1. The summed E-state index contributed by atoms with van der Waals surface area (Å²) in [5.74, 6) is -0.877. The van der Waals surface area contributed by atoms with E-state index in [1.807, 2.05) is 0 Å². The van der Waals surface area contributed by atoms with Crippen molar-refractivity contribution in [3.63, 3.8) is 0 Å². The quantitative estimate of drug-likeness (QED) is 0.615. The van der Waals surface area contributed by atoms with Crippen LogP contribution in [-0.2, 0) is 19.4 Å². The Morgan fingerprint density at radius 2 is 1.84 bits per heavy atom. The fourth-order valence-electron chi connectivity index (χ4n) is 1.50.